The number of likely N-dealkylation sites (tertiary alicyclic amines) is 1. The van der Waals surface area contributed by atoms with Gasteiger partial charge in [0.2, 0.25) is 0 Å². The van der Waals surface area contributed by atoms with Crippen molar-refractivity contribution < 1.29 is 4.79 Å². The zero-order valence-corrected chi connectivity index (χ0v) is 20.3. The summed E-state index contributed by atoms with van der Waals surface area (Å²) >= 11 is 0. The first-order valence-electron chi connectivity index (χ1n) is 12.1. The molecule has 1 amide bonds. The van der Waals surface area contributed by atoms with Gasteiger partial charge >= 0.3 is 0 Å². The zero-order valence-electron chi connectivity index (χ0n) is 20.3. The van der Waals surface area contributed by atoms with E-state index in [4.69, 9.17) is 0 Å². The SMILES string of the molecule is CN(C)Cc1cncc(-c2ccc3[nH]nc(C(=O)Nc4ccc(CN5CCCCC5)nc4)c3c2)c1. The summed E-state index contributed by atoms with van der Waals surface area (Å²) in [6.07, 6.45) is 9.27. The Kier molecular flexibility index (Phi) is 6.83. The minimum absolute atomic E-state index is 0.265. The third-order valence-electron chi connectivity index (χ3n) is 6.32. The summed E-state index contributed by atoms with van der Waals surface area (Å²) in [5.74, 6) is -0.265. The van der Waals surface area contributed by atoms with E-state index in [2.05, 4.69) is 41.3 Å². The largest absolute Gasteiger partial charge is 0.319 e. The molecule has 1 aliphatic heterocycles. The fourth-order valence-electron chi connectivity index (χ4n) is 4.59. The van der Waals surface area contributed by atoms with E-state index >= 15 is 0 Å². The lowest BCUT2D eigenvalue weighted by molar-refractivity contribution is 0.102. The van der Waals surface area contributed by atoms with Gasteiger partial charge < -0.3 is 10.2 Å². The molecule has 1 aliphatic rings. The number of carbonyl (C=O) groups excluding carboxylic acids is 1. The molecule has 1 aromatic carbocycles. The maximum atomic E-state index is 13.1. The van der Waals surface area contributed by atoms with Crippen LogP contribution in [0.25, 0.3) is 22.0 Å². The van der Waals surface area contributed by atoms with Gasteiger partial charge in [0.25, 0.3) is 5.91 Å². The molecule has 5 rings (SSSR count). The zero-order chi connectivity index (χ0) is 24.2. The first-order valence-corrected chi connectivity index (χ1v) is 12.1. The quantitative estimate of drug-likeness (QED) is 0.419. The Labute approximate surface area is 205 Å². The number of hydrogen-bond donors (Lipinski definition) is 2. The number of benzene rings is 1. The number of H-pyrrole nitrogens is 1. The minimum Gasteiger partial charge on any atom is -0.319 e. The van der Waals surface area contributed by atoms with Crippen LogP contribution in [0.4, 0.5) is 5.69 Å². The summed E-state index contributed by atoms with van der Waals surface area (Å²) < 4.78 is 0. The maximum Gasteiger partial charge on any atom is 0.276 e. The Morgan fingerprint density at radius 1 is 1.03 bits per heavy atom. The molecular formula is C27H31N7O. The van der Waals surface area contributed by atoms with E-state index in [1.54, 1.807) is 6.20 Å². The van der Waals surface area contributed by atoms with E-state index in [-0.39, 0.29) is 5.91 Å². The number of nitrogens with one attached hydrogen (secondary N) is 2. The molecule has 8 nitrogen and oxygen atoms in total. The molecule has 1 saturated heterocycles. The number of rotatable bonds is 7. The van der Waals surface area contributed by atoms with Gasteiger partial charge in [-0.15, -0.1) is 0 Å². The molecule has 35 heavy (non-hydrogen) atoms. The Bertz CT molecular complexity index is 1310. The van der Waals surface area contributed by atoms with Crippen molar-refractivity contribution in [2.45, 2.75) is 32.4 Å². The highest BCUT2D eigenvalue weighted by Gasteiger charge is 2.16. The number of aromatic amines is 1. The molecule has 0 spiro atoms. The standard InChI is InChI=1S/C27H31N7O/c1-33(2)17-19-12-21(15-28-14-19)20-6-9-25-24(13-20)26(32-31-25)27(35)30-22-7-8-23(29-16-22)18-34-10-4-3-5-11-34/h6-9,12-16H,3-5,10-11,17-18H2,1-2H3,(H,30,35)(H,31,32). The van der Waals surface area contributed by atoms with Gasteiger partial charge in [-0.25, -0.2) is 0 Å². The molecule has 0 radical (unpaired) electrons. The van der Waals surface area contributed by atoms with Crippen molar-refractivity contribution in [3.05, 3.63) is 71.9 Å². The van der Waals surface area contributed by atoms with Gasteiger partial charge in [-0.05, 0) is 81.5 Å². The fraction of sp³-hybridized carbons (Fsp3) is 0.333. The van der Waals surface area contributed by atoms with Crippen molar-refractivity contribution in [1.82, 2.24) is 30.0 Å². The molecular weight excluding hydrogens is 438 g/mol. The van der Waals surface area contributed by atoms with Gasteiger partial charge in [0, 0.05) is 36.4 Å². The molecule has 3 aromatic heterocycles. The van der Waals surface area contributed by atoms with Crippen molar-refractivity contribution in [3.8, 4) is 11.1 Å². The van der Waals surface area contributed by atoms with Gasteiger partial charge in [0.15, 0.2) is 5.69 Å². The predicted molar refractivity (Wildman–Crippen MR) is 138 cm³/mol. The summed E-state index contributed by atoms with van der Waals surface area (Å²) in [5, 5.41) is 11.0. The Morgan fingerprint density at radius 3 is 2.66 bits per heavy atom. The first-order chi connectivity index (χ1) is 17.0. The highest BCUT2D eigenvalue weighted by Crippen LogP contribution is 2.26. The number of nitrogens with zero attached hydrogens (tertiary/aromatic N) is 5. The van der Waals surface area contributed by atoms with Gasteiger partial charge in [-0.3, -0.25) is 24.8 Å². The molecule has 2 N–H and O–H groups in total. The van der Waals surface area contributed by atoms with Crippen LogP contribution < -0.4 is 5.32 Å². The highest BCUT2D eigenvalue weighted by molar-refractivity contribution is 6.11. The first kappa shape index (κ1) is 23.1. The second-order valence-electron chi connectivity index (χ2n) is 9.48. The molecule has 0 aliphatic carbocycles. The molecule has 1 fully saturated rings. The molecule has 4 heterocycles. The van der Waals surface area contributed by atoms with Crippen molar-refractivity contribution in [1.29, 1.82) is 0 Å². The lowest BCUT2D eigenvalue weighted by Gasteiger charge is -2.25. The van der Waals surface area contributed by atoms with E-state index in [1.807, 2.05) is 56.8 Å². The third-order valence-corrected chi connectivity index (χ3v) is 6.32. The van der Waals surface area contributed by atoms with Crippen LogP contribution in [-0.4, -0.2) is 63.1 Å². The van der Waals surface area contributed by atoms with Crippen LogP contribution in [0, 0.1) is 0 Å². The van der Waals surface area contributed by atoms with E-state index in [9.17, 15) is 4.79 Å². The Morgan fingerprint density at radius 2 is 1.89 bits per heavy atom. The second-order valence-corrected chi connectivity index (χ2v) is 9.48. The Hall–Kier alpha value is -3.62. The molecule has 0 unspecified atom stereocenters. The number of carbonyl (C=O) groups is 1. The average molecular weight is 470 g/mol. The highest BCUT2D eigenvalue weighted by atomic mass is 16.1. The monoisotopic (exact) mass is 469 g/mol. The summed E-state index contributed by atoms with van der Waals surface area (Å²) in [6, 6.07) is 12.0. The number of amides is 1. The van der Waals surface area contributed by atoms with Crippen LogP contribution in [0.1, 0.15) is 41.0 Å². The number of anilines is 1. The van der Waals surface area contributed by atoms with E-state index in [1.165, 1.54) is 19.3 Å². The number of fused-ring (bicyclic) bond motifs is 1. The topological polar surface area (TPSA) is 90.0 Å². The van der Waals surface area contributed by atoms with Crippen LogP contribution in [0.2, 0.25) is 0 Å². The van der Waals surface area contributed by atoms with E-state index < -0.39 is 0 Å². The molecule has 8 heteroatoms. The third kappa shape index (κ3) is 5.55. The van der Waals surface area contributed by atoms with Crippen LogP contribution in [-0.2, 0) is 13.1 Å². The number of piperidine rings is 1. The molecule has 0 saturated carbocycles. The van der Waals surface area contributed by atoms with Gasteiger partial charge in [0.1, 0.15) is 0 Å². The number of aromatic nitrogens is 4. The van der Waals surface area contributed by atoms with Crippen molar-refractivity contribution in [2.24, 2.45) is 0 Å². The molecule has 4 aromatic rings. The molecule has 180 valence electrons. The predicted octanol–water partition coefficient (Wildman–Crippen LogP) is 4.32. The van der Waals surface area contributed by atoms with Crippen LogP contribution >= 0.6 is 0 Å². The van der Waals surface area contributed by atoms with Crippen molar-refractivity contribution in [2.75, 3.05) is 32.5 Å². The van der Waals surface area contributed by atoms with Crippen molar-refractivity contribution >= 4 is 22.5 Å². The molecule has 0 bridgehead atoms. The smallest absolute Gasteiger partial charge is 0.276 e. The van der Waals surface area contributed by atoms with Gasteiger partial charge in [0.05, 0.1) is 23.1 Å². The molecule has 0 atom stereocenters. The summed E-state index contributed by atoms with van der Waals surface area (Å²) in [7, 11) is 4.07. The number of hydrogen-bond acceptors (Lipinski definition) is 6. The van der Waals surface area contributed by atoms with E-state index in [0.29, 0.717) is 11.4 Å². The lowest BCUT2D eigenvalue weighted by Crippen LogP contribution is -2.29. The Balaban J connectivity index is 1.32. The average Bonchev–Trinajstić information content (AvgIpc) is 3.29. The van der Waals surface area contributed by atoms with Crippen molar-refractivity contribution in [3.63, 3.8) is 0 Å². The number of pyridine rings is 2. The normalized spacial score (nSPS) is 14.5. The van der Waals surface area contributed by atoms with Gasteiger partial charge in [-0.1, -0.05) is 12.5 Å². The maximum absolute atomic E-state index is 13.1. The second kappa shape index (κ2) is 10.3. The lowest BCUT2D eigenvalue weighted by atomic mass is 10.0. The van der Waals surface area contributed by atoms with Crippen LogP contribution in [0.3, 0.4) is 0 Å². The minimum atomic E-state index is -0.265. The van der Waals surface area contributed by atoms with Gasteiger partial charge in [-0.2, -0.15) is 5.10 Å². The summed E-state index contributed by atoms with van der Waals surface area (Å²) in [6.45, 7) is 3.92. The summed E-state index contributed by atoms with van der Waals surface area (Å²) in [4.78, 5) is 26.6. The van der Waals surface area contributed by atoms with Crippen LogP contribution in [0.15, 0.2) is 55.0 Å². The fourth-order valence-corrected chi connectivity index (χ4v) is 4.59. The summed E-state index contributed by atoms with van der Waals surface area (Å²) in [5.41, 5.74) is 5.98. The van der Waals surface area contributed by atoms with Crippen LogP contribution in [0.5, 0.6) is 0 Å². The van der Waals surface area contributed by atoms with E-state index in [0.717, 1.165) is 59.5 Å².